The third-order valence-corrected chi connectivity index (χ3v) is 9.66. The van der Waals surface area contributed by atoms with Crippen LogP contribution < -0.4 is 14.4 Å². The van der Waals surface area contributed by atoms with Crippen LogP contribution in [0.3, 0.4) is 0 Å². The molecule has 3 aromatic carbocycles. The molecule has 4 rings (SSSR count). The Hall–Kier alpha value is -3.85. The fourth-order valence-electron chi connectivity index (χ4n) is 5.35. The molecule has 2 amide bonds. The molecule has 8 nitrogen and oxygen atoms in total. The Morgan fingerprint density at radius 2 is 1.69 bits per heavy atom. The van der Waals surface area contributed by atoms with Gasteiger partial charge >= 0.3 is 0 Å². The van der Waals surface area contributed by atoms with Gasteiger partial charge in [-0.25, -0.2) is 8.42 Å². The number of rotatable bonds is 12. The minimum absolute atomic E-state index is 0.0866. The molecule has 1 N–H and O–H groups in total. The van der Waals surface area contributed by atoms with Crippen molar-refractivity contribution in [1.82, 2.24) is 10.2 Å². The van der Waals surface area contributed by atoms with E-state index in [1.54, 1.807) is 50.4 Å². The second-order valence-corrected chi connectivity index (χ2v) is 12.7. The van der Waals surface area contributed by atoms with Crippen LogP contribution >= 0.6 is 0 Å². The lowest BCUT2D eigenvalue weighted by molar-refractivity contribution is -0.139. The molecule has 224 valence electrons. The van der Waals surface area contributed by atoms with Crippen LogP contribution in [0.25, 0.3) is 0 Å². The maximum atomic E-state index is 14.2. The number of sulfonamides is 1. The van der Waals surface area contributed by atoms with Gasteiger partial charge in [0, 0.05) is 12.6 Å². The van der Waals surface area contributed by atoms with Crippen molar-refractivity contribution < 1.29 is 22.7 Å². The Morgan fingerprint density at radius 3 is 2.36 bits per heavy atom. The number of nitrogens with zero attached hydrogens (tertiary/aromatic N) is 2. The van der Waals surface area contributed by atoms with Gasteiger partial charge in [0.15, 0.2) is 0 Å². The van der Waals surface area contributed by atoms with Gasteiger partial charge in [0.05, 0.1) is 17.7 Å². The number of para-hydroxylation sites is 1. The molecule has 0 aromatic heterocycles. The van der Waals surface area contributed by atoms with Crippen molar-refractivity contribution >= 4 is 27.5 Å². The molecule has 0 saturated heterocycles. The largest absolute Gasteiger partial charge is 0.497 e. The van der Waals surface area contributed by atoms with Crippen LogP contribution in [0.15, 0.2) is 77.7 Å². The molecule has 0 aliphatic heterocycles. The van der Waals surface area contributed by atoms with Gasteiger partial charge in [-0.1, -0.05) is 67.8 Å². The summed E-state index contributed by atoms with van der Waals surface area (Å²) in [6.45, 7) is 5.18. The second-order valence-electron chi connectivity index (χ2n) is 10.8. The molecule has 1 saturated carbocycles. The summed E-state index contributed by atoms with van der Waals surface area (Å²) >= 11 is 0. The van der Waals surface area contributed by atoms with E-state index < -0.39 is 28.5 Å². The first-order chi connectivity index (χ1) is 20.1. The quantitative estimate of drug-likeness (QED) is 0.311. The highest BCUT2D eigenvalue weighted by Gasteiger charge is 2.34. The zero-order valence-corrected chi connectivity index (χ0v) is 25.7. The smallest absolute Gasteiger partial charge is 0.264 e. The average Bonchev–Trinajstić information content (AvgIpc) is 3.51. The zero-order chi connectivity index (χ0) is 30.3. The van der Waals surface area contributed by atoms with Crippen molar-refractivity contribution in [3.8, 4) is 5.75 Å². The molecule has 42 heavy (non-hydrogen) atoms. The summed E-state index contributed by atoms with van der Waals surface area (Å²) in [7, 11) is -2.55. The first-order valence-electron chi connectivity index (χ1n) is 14.5. The number of anilines is 1. The van der Waals surface area contributed by atoms with Gasteiger partial charge in [0.2, 0.25) is 11.8 Å². The standard InChI is InChI=1S/C33H41N3O5S/c1-5-27-12-6-9-16-31(27)36(42(39,40)30-19-17-24(2)18-20-30)23-32(37)35(22-26-11-10-15-29(21-26)41-4)25(3)33(38)34-28-13-7-8-14-28/h6,9-12,15-21,25,28H,5,7-8,13-14,22-23H2,1-4H3,(H,34,38). The number of benzene rings is 3. The molecule has 0 spiro atoms. The van der Waals surface area contributed by atoms with Gasteiger partial charge in [-0.05, 0) is 74.6 Å². The van der Waals surface area contributed by atoms with Crippen LogP contribution in [0.2, 0.25) is 0 Å². The number of amides is 2. The predicted molar refractivity (Wildman–Crippen MR) is 165 cm³/mol. The number of carbonyl (C=O) groups is 2. The topological polar surface area (TPSA) is 96.0 Å². The average molecular weight is 592 g/mol. The lowest BCUT2D eigenvalue weighted by atomic mass is 10.1. The van der Waals surface area contributed by atoms with Crippen molar-refractivity contribution in [2.24, 2.45) is 0 Å². The van der Waals surface area contributed by atoms with Crippen LogP contribution in [0, 0.1) is 6.92 Å². The van der Waals surface area contributed by atoms with Gasteiger partial charge in [-0.2, -0.15) is 0 Å². The third kappa shape index (κ3) is 7.31. The summed E-state index contributed by atoms with van der Waals surface area (Å²) in [5.41, 5.74) is 2.94. The molecule has 0 radical (unpaired) electrons. The van der Waals surface area contributed by atoms with Gasteiger partial charge in [-0.15, -0.1) is 0 Å². The Labute approximate surface area is 249 Å². The number of ether oxygens (including phenoxy) is 1. The summed E-state index contributed by atoms with van der Waals surface area (Å²) in [6.07, 6.45) is 4.54. The monoisotopic (exact) mass is 591 g/mol. The maximum Gasteiger partial charge on any atom is 0.264 e. The summed E-state index contributed by atoms with van der Waals surface area (Å²) in [5, 5.41) is 3.10. The molecule has 9 heteroatoms. The molecule has 0 heterocycles. The van der Waals surface area contributed by atoms with Crippen molar-refractivity contribution in [1.29, 1.82) is 0 Å². The number of hydrogen-bond acceptors (Lipinski definition) is 5. The number of hydrogen-bond donors (Lipinski definition) is 1. The van der Waals surface area contributed by atoms with Crippen LogP contribution in [-0.4, -0.2) is 50.9 Å². The molecule has 1 atom stereocenters. The van der Waals surface area contributed by atoms with Crippen molar-refractivity contribution in [2.75, 3.05) is 18.0 Å². The summed E-state index contributed by atoms with van der Waals surface area (Å²) < 4.78 is 34.8. The van der Waals surface area contributed by atoms with Crippen LogP contribution in [-0.2, 0) is 32.6 Å². The van der Waals surface area contributed by atoms with E-state index in [1.165, 1.54) is 9.21 Å². The van der Waals surface area contributed by atoms with Gasteiger partial charge in [-0.3, -0.25) is 13.9 Å². The molecule has 1 aliphatic rings. The predicted octanol–water partition coefficient (Wildman–Crippen LogP) is 5.24. The first kappa shape index (κ1) is 31.1. The lowest BCUT2D eigenvalue weighted by Crippen LogP contribution is -2.52. The number of aryl methyl sites for hydroxylation is 2. The Kier molecular flexibility index (Phi) is 10.3. The van der Waals surface area contributed by atoms with Crippen LogP contribution in [0.4, 0.5) is 5.69 Å². The normalized spacial score (nSPS) is 14.3. The van der Waals surface area contributed by atoms with E-state index in [1.807, 2.05) is 50.2 Å². The van der Waals surface area contributed by atoms with E-state index >= 15 is 0 Å². The minimum Gasteiger partial charge on any atom is -0.497 e. The third-order valence-electron chi connectivity index (χ3n) is 7.88. The van der Waals surface area contributed by atoms with Crippen molar-refractivity contribution in [2.45, 2.75) is 76.4 Å². The molecular formula is C33H41N3O5S. The van der Waals surface area contributed by atoms with Crippen LogP contribution in [0.1, 0.15) is 56.2 Å². The summed E-state index contributed by atoms with van der Waals surface area (Å²) in [6, 6.07) is 20.4. The molecule has 1 fully saturated rings. The number of nitrogens with one attached hydrogen (secondary N) is 1. The highest BCUT2D eigenvalue weighted by atomic mass is 32.2. The molecule has 1 unspecified atom stereocenters. The van der Waals surface area contributed by atoms with E-state index in [0.717, 1.165) is 42.4 Å². The Balaban J connectivity index is 1.72. The van der Waals surface area contributed by atoms with E-state index in [0.29, 0.717) is 17.9 Å². The highest BCUT2D eigenvalue weighted by Crippen LogP contribution is 2.29. The molecule has 0 bridgehead atoms. The molecule has 1 aliphatic carbocycles. The van der Waals surface area contributed by atoms with Crippen molar-refractivity contribution in [3.05, 3.63) is 89.5 Å². The van der Waals surface area contributed by atoms with Gasteiger partial charge in [0.25, 0.3) is 10.0 Å². The first-order valence-corrected chi connectivity index (χ1v) is 16.0. The Morgan fingerprint density at radius 1 is 1.00 bits per heavy atom. The fraction of sp³-hybridized carbons (Fsp3) is 0.394. The van der Waals surface area contributed by atoms with E-state index in [9.17, 15) is 18.0 Å². The van der Waals surface area contributed by atoms with Crippen molar-refractivity contribution in [3.63, 3.8) is 0 Å². The molecular weight excluding hydrogens is 550 g/mol. The zero-order valence-electron chi connectivity index (χ0n) is 24.9. The maximum absolute atomic E-state index is 14.2. The number of carbonyl (C=O) groups excluding carboxylic acids is 2. The van der Waals surface area contributed by atoms with Crippen LogP contribution in [0.5, 0.6) is 5.75 Å². The molecule has 3 aromatic rings. The highest BCUT2D eigenvalue weighted by molar-refractivity contribution is 7.92. The second kappa shape index (κ2) is 13.9. The van der Waals surface area contributed by atoms with E-state index in [2.05, 4.69) is 5.32 Å². The lowest BCUT2D eigenvalue weighted by Gasteiger charge is -2.33. The van der Waals surface area contributed by atoms with E-state index in [4.69, 9.17) is 4.74 Å². The minimum atomic E-state index is -4.11. The summed E-state index contributed by atoms with van der Waals surface area (Å²) in [5.74, 6) is -0.100. The number of methoxy groups -OCH3 is 1. The fourth-order valence-corrected chi connectivity index (χ4v) is 6.80. The van der Waals surface area contributed by atoms with Gasteiger partial charge in [0.1, 0.15) is 18.3 Å². The van der Waals surface area contributed by atoms with E-state index in [-0.39, 0.29) is 23.4 Å². The SMILES string of the molecule is CCc1ccccc1N(CC(=O)N(Cc1cccc(OC)c1)C(C)C(=O)NC1CCCC1)S(=O)(=O)c1ccc(C)cc1. The Bertz CT molecular complexity index is 1480. The summed E-state index contributed by atoms with van der Waals surface area (Å²) in [4.78, 5) is 29.2. The van der Waals surface area contributed by atoms with Gasteiger partial charge < -0.3 is 15.0 Å².